The van der Waals surface area contributed by atoms with E-state index in [4.69, 9.17) is 0 Å². The van der Waals surface area contributed by atoms with Gasteiger partial charge in [0.25, 0.3) is 0 Å². The molecule has 0 aliphatic heterocycles. The summed E-state index contributed by atoms with van der Waals surface area (Å²) in [6.07, 6.45) is 0. The predicted molar refractivity (Wildman–Crippen MR) is 262 cm³/mol. The molecule has 284 valence electrons. The Morgan fingerprint density at radius 3 is 0.731 bits per heavy atom. The molecule has 3 aromatic carbocycles. The fourth-order valence-corrected chi connectivity index (χ4v) is 28.5. The van der Waals surface area contributed by atoms with Gasteiger partial charge in [-0.1, -0.05) is 215 Å². The Hall–Kier alpha value is -1.34. The van der Waals surface area contributed by atoms with E-state index in [1.807, 2.05) is 0 Å². The predicted octanol–water partition coefficient (Wildman–Crippen LogP) is 8.48. The molecule has 0 unspecified atom stereocenters. The normalized spacial score (nSPS) is 16.0. The number of rotatable bonds is 10. The molecule has 0 radical (unpaired) electrons. The van der Waals surface area contributed by atoms with Crippen molar-refractivity contribution in [3.05, 3.63) is 76.9 Å². The smallest absolute Gasteiger partial charge is 0.0656 e. The van der Waals surface area contributed by atoms with Gasteiger partial charge in [0.1, 0.15) is 0 Å². The highest BCUT2D eigenvalue weighted by Gasteiger charge is 2.55. The molecule has 7 heteroatoms. The molecule has 0 spiro atoms. The Kier molecular flexibility index (Phi) is 11.7. The molecule has 1 aliphatic rings. The van der Waals surface area contributed by atoms with Gasteiger partial charge in [0.2, 0.25) is 0 Å². The molecule has 0 aromatic heterocycles. The Balaban J connectivity index is 2.64. The van der Waals surface area contributed by atoms with Crippen molar-refractivity contribution in [3.8, 4) is 0 Å². The van der Waals surface area contributed by atoms with E-state index in [1.54, 1.807) is 69.0 Å². The van der Waals surface area contributed by atoms with Crippen LogP contribution in [-0.2, 0) is 0 Å². The third-order valence-corrected chi connectivity index (χ3v) is 31.0. The van der Waals surface area contributed by atoms with Gasteiger partial charge in [0, 0.05) is 5.54 Å². The number of allylic oxidation sites excluding steroid dienone is 4. The van der Waals surface area contributed by atoms with Gasteiger partial charge < -0.3 is 0 Å². The maximum Gasteiger partial charge on any atom is 0.158 e. The first kappa shape index (κ1) is 43.4. The second-order valence-corrected chi connectivity index (χ2v) is 56.8. The van der Waals surface area contributed by atoms with Gasteiger partial charge in [-0.25, -0.2) is 0 Å². The van der Waals surface area contributed by atoms with Crippen molar-refractivity contribution in [2.45, 2.75) is 151 Å². The lowest BCUT2D eigenvalue weighted by atomic mass is 10.1. The lowest BCUT2D eigenvalue weighted by molar-refractivity contribution is 1.09. The molecule has 0 atom stereocenters. The summed E-state index contributed by atoms with van der Waals surface area (Å²) in [5, 5.41) is 15.3. The van der Waals surface area contributed by atoms with Crippen LogP contribution in [0.1, 0.15) is 27.7 Å². The summed E-state index contributed by atoms with van der Waals surface area (Å²) in [5.74, 6) is 0. The molecular weight excluding hydrogens is 737 g/mol. The third-order valence-electron chi connectivity index (χ3n) is 12.4. The van der Waals surface area contributed by atoms with Crippen LogP contribution < -0.4 is 46.7 Å². The van der Waals surface area contributed by atoms with E-state index < -0.39 is 56.5 Å². The number of hydrogen-bond donors (Lipinski definition) is 0. The topological polar surface area (TPSA) is 0 Å². The SMILES string of the molecule is CC1=C(C)C([Si](c2cc([Si](C)(C)C)ccc2[Si](C)(C)C)(c2cc([Si](C)(C)C)ccc2[Si](C)(C)C)c2cc([Si](C)(C)C)ccc2[Si](C)(C)C)C(C)=C1C. The van der Waals surface area contributed by atoms with Crippen molar-refractivity contribution in [1.29, 1.82) is 0 Å². The first-order valence-corrected chi connectivity index (χ1v) is 43.2. The maximum absolute atomic E-state index is 2.94. The highest BCUT2D eigenvalue weighted by Crippen LogP contribution is 2.46. The van der Waals surface area contributed by atoms with Crippen molar-refractivity contribution < 1.29 is 0 Å². The van der Waals surface area contributed by atoms with Crippen LogP contribution in [0.2, 0.25) is 123 Å². The van der Waals surface area contributed by atoms with E-state index in [-0.39, 0.29) is 0 Å². The quantitative estimate of drug-likeness (QED) is 0.143. The van der Waals surface area contributed by atoms with Crippen LogP contribution in [0.15, 0.2) is 76.9 Å². The molecule has 0 bridgehead atoms. The summed E-state index contributed by atoms with van der Waals surface area (Å²) >= 11 is 0. The fourth-order valence-electron chi connectivity index (χ4n) is 8.87. The summed E-state index contributed by atoms with van der Waals surface area (Å²) in [4.78, 5) is 0. The number of benzene rings is 3. The average molecular weight is 814 g/mol. The van der Waals surface area contributed by atoms with Crippen LogP contribution in [0.4, 0.5) is 0 Å². The minimum absolute atomic E-state index is 0.387. The van der Waals surface area contributed by atoms with Gasteiger partial charge in [-0.05, 0) is 54.4 Å². The number of hydrogen-bond acceptors (Lipinski definition) is 0. The third kappa shape index (κ3) is 7.98. The average Bonchev–Trinajstić information content (AvgIpc) is 3.17. The van der Waals surface area contributed by atoms with Gasteiger partial charge in [0.05, 0.1) is 48.4 Å². The summed E-state index contributed by atoms with van der Waals surface area (Å²) < 4.78 is 0. The van der Waals surface area contributed by atoms with Gasteiger partial charge in [-0.3, -0.25) is 0 Å². The van der Waals surface area contributed by atoms with Crippen LogP contribution in [0.5, 0.6) is 0 Å². The molecule has 0 amide bonds. The zero-order chi connectivity index (χ0) is 39.9. The van der Waals surface area contributed by atoms with Gasteiger partial charge in [-0.15, -0.1) is 0 Å². The molecule has 0 fully saturated rings. The summed E-state index contributed by atoms with van der Waals surface area (Å²) in [5.41, 5.74) is 6.76. The van der Waals surface area contributed by atoms with E-state index >= 15 is 0 Å². The maximum atomic E-state index is 2.87. The molecule has 0 heterocycles. The molecule has 3 aromatic rings. The van der Waals surface area contributed by atoms with Crippen molar-refractivity contribution in [2.75, 3.05) is 0 Å². The molecule has 0 nitrogen and oxygen atoms in total. The zero-order valence-electron chi connectivity index (χ0n) is 37.8. The second-order valence-electron chi connectivity index (χ2n) is 22.6. The summed E-state index contributed by atoms with van der Waals surface area (Å²) in [6.45, 7) is 56.8. The molecule has 0 saturated carbocycles. The van der Waals surface area contributed by atoms with Crippen LogP contribution in [0.25, 0.3) is 0 Å². The van der Waals surface area contributed by atoms with E-state index in [9.17, 15) is 0 Å². The van der Waals surface area contributed by atoms with Gasteiger partial charge in [0.15, 0.2) is 8.07 Å². The lowest BCUT2D eigenvalue weighted by Gasteiger charge is -2.48. The molecule has 0 saturated heterocycles. The Labute approximate surface area is 329 Å². The zero-order valence-corrected chi connectivity index (χ0v) is 44.8. The van der Waals surface area contributed by atoms with E-state index in [1.165, 1.54) is 0 Å². The Bertz CT molecular complexity index is 1710. The largest absolute Gasteiger partial charge is 0.158 e. The molecular formula is C45H76Si7. The van der Waals surface area contributed by atoms with Crippen molar-refractivity contribution >= 4 is 103 Å². The standard InChI is InChI=1S/C45H76Si7/c1-32-33(2)35(4)45(34(32)3)52(42-29-36(46(5,6)7)23-26-39(42)49(14,15)16,43-30-37(47(8,9)10)24-27-40(43)50(17,18)19)44-31-38(48(11,12)13)25-28-41(44)51(20,21)22/h23-31,45H,1-22H3. The van der Waals surface area contributed by atoms with E-state index in [2.05, 4.69) is 200 Å². The first-order chi connectivity index (χ1) is 23.3. The van der Waals surface area contributed by atoms with Gasteiger partial charge >= 0.3 is 0 Å². The molecule has 1 aliphatic carbocycles. The first-order valence-electron chi connectivity index (χ1n) is 20.1. The molecule has 0 N–H and O–H groups in total. The van der Waals surface area contributed by atoms with Crippen molar-refractivity contribution in [3.63, 3.8) is 0 Å². The Morgan fingerprint density at radius 2 is 0.538 bits per heavy atom. The minimum atomic E-state index is -2.94. The highest BCUT2D eigenvalue weighted by atomic mass is 28.3. The van der Waals surface area contributed by atoms with Crippen molar-refractivity contribution in [2.24, 2.45) is 0 Å². The fraction of sp³-hybridized carbons (Fsp3) is 0.511. The van der Waals surface area contributed by atoms with Gasteiger partial charge in [-0.2, -0.15) is 0 Å². The van der Waals surface area contributed by atoms with E-state index in [0.717, 1.165) is 0 Å². The lowest BCUT2D eigenvalue weighted by Crippen LogP contribution is -2.82. The van der Waals surface area contributed by atoms with Crippen LogP contribution in [0.3, 0.4) is 0 Å². The van der Waals surface area contributed by atoms with Crippen LogP contribution in [0, 0.1) is 0 Å². The monoisotopic (exact) mass is 812 g/mol. The van der Waals surface area contributed by atoms with Crippen molar-refractivity contribution in [1.82, 2.24) is 0 Å². The Morgan fingerprint density at radius 1 is 0.308 bits per heavy atom. The van der Waals surface area contributed by atoms with E-state index in [0.29, 0.717) is 5.54 Å². The second kappa shape index (κ2) is 14.0. The van der Waals surface area contributed by atoms with Crippen LogP contribution in [-0.4, -0.2) is 56.5 Å². The van der Waals surface area contributed by atoms with Crippen LogP contribution >= 0.6 is 0 Å². The molecule has 52 heavy (non-hydrogen) atoms. The summed E-state index contributed by atoms with van der Waals surface area (Å²) in [6, 6.07) is 24.4. The summed E-state index contributed by atoms with van der Waals surface area (Å²) in [7, 11) is -13.4. The molecule has 4 rings (SSSR count). The highest BCUT2D eigenvalue weighted by molar-refractivity contribution is 7.20. The minimum Gasteiger partial charge on any atom is -0.0656 e.